The molecule has 2 fully saturated rings. The van der Waals surface area contributed by atoms with Gasteiger partial charge >= 0.3 is 90.6 Å². The van der Waals surface area contributed by atoms with E-state index < -0.39 is 179 Å². The number of benzene rings is 6. The molecule has 8 rings (SSSR count). The third kappa shape index (κ3) is 26.5. The molecule has 0 saturated carbocycles. The number of hydrogen-bond donors (Lipinski definition) is 4. The van der Waals surface area contributed by atoms with Crippen LogP contribution in [-0.4, -0.2) is 124 Å². The second-order valence-corrected chi connectivity index (χ2v) is 27.5. The van der Waals surface area contributed by atoms with Gasteiger partial charge in [0.25, 0.3) is 0 Å². The number of aliphatic carboxylic acids is 1. The number of piperidine rings is 2. The van der Waals surface area contributed by atoms with Gasteiger partial charge in [0, 0.05) is 7.11 Å². The second kappa shape index (κ2) is 40.0. The number of nitrogens with zero attached hydrogens (tertiary/aromatic N) is 2. The molecule has 33 heteroatoms. The summed E-state index contributed by atoms with van der Waals surface area (Å²) < 4.78 is 205. The SMILES string of the molecule is CCOC(=O)C[C@@H]1[C@@H](NC(=O)OC(C)(C)C)CC[C@@](CO[C@H](C)c2cc(C(F)(F)F)cc(C(F)(F)F)c2)(c2ccccc2)N1C(=O)OCc1ccccc1.CO.C[C@@H](OC[C@@]1(c2ccccc2)CC[C@H](NC(=O)OC(C)(C)C)[C@@H](CC(=O)O)N1C(=O)OCc1ccccc1)c1cc(C(F)(F)F)cc(C(F)(F)F)c1.[Na+].[OH-]. The molecule has 2 heterocycles. The fourth-order valence-electron chi connectivity index (χ4n) is 12.6. The third-order valence-electron chi connectivity index (χ3n) is 17.5. The summed E-state index contributed by atoms with van der Waals surface area (Å²) in [5.41, 5.74) is -9.66. The first-order chi connectivity index (χ1) is 50.4. The Morgan fingerprint density at radius 3 is 1.06 bits per heavy atom. The Labute approximate surface area is 651 Å². The van der Waals surface area contributed by atoms with Crippen LogP contribution in [0.1, 0.15) is 169 Å². The van der Waals surface area contributed by atoms with E-state index in [0.717, 1.165) is 12.0 Å². The zero-order valence-corrected chi connectivity index (χ0v) is 64.3. The van der Waals surface area contributed by atoms with Gasteiger partial charge in [0.05, 0.1) is 102 Å². The summed E-state index contributed by atoms with van der Waals surface area (Å²) in [5, 5.41) is 22.5. The maximum atomic E-state index is 14.5. The zero-order chi connectivity index (χ0) is 80.4. The van der Waals surface area contributed by atoms with Gasteiger partial charge in [0.15, 0.2) is 0 Å². The Morgan fingerprint density at radius 1 is 0.482 bits per heavy atom. The van der Waals surface area contributed by atoms with Gasteiger partial charge in [-0.1, -0.05) is 121 Å². The van der Waals surface area contributed by atoms with Crippen LogP contribution >= 0.6 is 0 Å². The summed E-state index contributed by atoms with van der Waals surface area (Å²) in [6, 6.07) is 32.0. The number of carbonyl (C=O) groups excluding carboxylic acids is 5. The van der Waals surface area contributed by atoms with Crippen molar-refractivity contribution in [1.82, 2.24) is 20.4 Å². The van der Waals surface area contributed by atoms with Crippen LogP contribution in [0.15, 0.2) is 158 Å². The van der Waals surface area contributed by atoms with Gasteiger partial charge in [-0.3, -0.25) is 19.4 Å². The molecular weight excluding hydrogens is 1490 g/mol. The van der Waals surface area contributed by atoms with Crippen molar-refractivity contribution >= 4 is 36.3 Å². The van der Waals surface area contributed by atoms with Crippen molar-refractivity contribution < 1.29 is 160 Å². The molecule has 0 spiro atoms. The van der Waals surface area contributed by atoms with E-state index in [1.54, 1.807) is 170 Å². The number of halogens is 12. The zero-order valence-electron chi connectivity index (χ0n) is 62.3. The Balaban J connectivity index is 0.000000446. The van der Waals surface area contributed by atoms with Gasteiger partial charge in [-0.2, -0.15) is 52.7 Å². The Morgan fingerprint density at radius 2 is 0.782 bits per heavy atom. The monoisotopic (exact) mass is 1580 g/mol. The van der Waals surface area contributed by atoms with Crippen LogP contribution in [0.5, 0.6) is 0 Å². The topological polar surface area (TPSA) is 268 Å². The van der Waals surface area contributed by atoms with Crippen molar-refractivity contribution in [2.75, 3.05) is 26.9 Å². The van der Waals surface area contributed by atoms with Gasteiger partial charge < -0.3 is 59.5 Å². The van der Waals surface area contributed by atoms with Gasteiger partial charge in [0.2, 0.25) is 0 Å². The molecule has 110 heavy (non-hydrogen) atoms. The minimum Gasteiger partial charge on any atom is -0.870 e. The number of aliphatic hydroxyl groups is 1. The minimum absolute atomic E-state index is 0. The van der Waals surface area contributed by atoms with Crippen LogP contribution in [0.3, 0.4) is 0 Å². The molecule has 6 aromatic carbocycles. The molecule has 2 aliphatic rings. The molecule has 2 saturated heterocycles. The van der Waals surface area contributed by atoms with Crippen LogP contribution in [0.4, 0.5) is 71.9 Å². The summed E-state index contributed by atoms with van der Waals surface area (Å²) in [6.07, 6.45) is -27.6. The van der Waals surface area contributed by atoms with Crippen molar-refractivity contribution in [1.29, 1.82) is 0 Å². The van der Waals surface area contributed by atoms with Crippen LogP contribution in [0.2, 0.25) is 0 Å². The number of alkyl halides is 12. The van der Waals surface area contributed by atoms with Crippen molar-refractivity contribution in [3.63, 3.8) is 0 Å². The summed E-state index contributed by atoms with van der Waals surface area (Å²) >= 11 is 0. The molecule has 5 N–H and O–H groups in total. The smallest absolute Gasteiger partial charge is 0.870 e. The Bertz CT molecular complexity index is 3880. The minimum atomic E-state index is -5.09. The van der Waals surface area contributed by atoms with Gasteiger partial charge in [-0.15, -0.1) is 0 Å². The average molecular weight is 1580 g/mol. The summed E-state index contributed by atoms with van der Waals surface area (Å²) in [7, 11) is 1.00. The van der Waals surface area contributed by atoms with E-state index in [1.807, 2.05) is 0 Å². The van der Waals surface area contributed by atoms with Crippen molar-refractivity contribution in [3.8, 4) is 0 Å². The van der Waals surface area contributed by atoms with E-state index >= 15 is 0 Å². The van der Waals surface area contributed by atoms with Crippen LogP contribution < -0.4 is 40.2 Å². The normalized spacial score (nSPS) is 19.3. The Hall–Kier alpha value is -8.66. The molecule has 598 valence electrons. The molecule has 0 unspecified atom stereocenters. The number of alkyl carbamates (subject to hydrolysis) is 2. The average Bonchev–Trinajstić information content (AvgIpc) is 0.744. The first kappa shape index (κ1) is 93.7. The van der Waals surface area contributed by atoms with Gasteiger partial charge in [0.1, 0.15) is 24.4 Å². The predicted molar refractivity (Wildman–Crippen MR) is 371 cm³/mol. The Kier molecular flexibility index (Phi) is 34.1. The number of nitrogens with one attached hydrogen (secondary N) is 2. The van der Waals surface area contributed by atoms with Crippen LogP contribution in [0, 0.1) is 0 Å². The van der Waals surface area contributed by atoms with Gasteiger partial charge in [-0.05, 0) is 158 Å². The number of carboxylic acids is 1. The standard InChI is InChI=1S/C39H44F6N2O7.C37H40F6N2O7.CH4O.Na.H2O/c1-6-51-33(48)22-32-31(46-34(49)54-36(3,4)5)17-18-37(28-15-11-8-12-16-28,47(32)35(50)52-23-26-13-9-7-10-14-26)24-53-25(2)27-19-29(38(40,41)42)21-30(20-27)39(43,44)45;1-23(25-17-27(36(38,39)40)19-28(18-25)37(41,42)43)51-22-35(26-13-9-6-10-14-26)16-15-29(44-32(48)52-34(2,3)4)30(20-31(46)47)45(35)33(49)50-21-24-11-7-5-8-12-24;1-2;;/h7-16,19-21,25,31-32H,6,17-18,22-24H2,1-5H3,(H,46,49);5-14,17-19,23,29-30H,15-16,20-22H2,1-4H3,(H,44,48)(H,46,47);2H,1H3;;1H2/q;;;+1;/p-1/t25-,31+,32-,37-;23-,29+,30-,35-;;;/m11.../s1. The number of esters is 1. The van der Waals surface area contributed by atoms with Gasteiger partial charge in [-0.25, -0.2) is 19.2 Å². The summed E-state index contributed by atoms with van der Waals surface area (Å²) in [4.78, 5) is 82.8. The largest absolute Gasteiger partial charge is 1.00 e. The van der Waals surface area contributed by atoms with Crippen molar-refractivity contribution in [2.45, 2.75) is 197 Å². The maximum Gasteiger partial charge on any atom is 1.00 e. The van der Waals surface area contributed by atoms with Crippen LogP contribution in [0.25, 0.3) is 0 Å². The van der Waals surface area contributed by atoms with Crippen molar-refractivity contribution in [3.05, 3.63) is 213 Å². The molecule has 20 nitrogen and oxygen atoms in total. The van der Waals surface area contributed by atoms with Crippen LogP contribution in [-0.2, 0) is 91.7 Å². The summed E-state index contributed by atoms with van der Waals surface area (Å²) in [5.74, 6) is -2.04. The third-order valence-corrected chi connectivity index (χ3v) is 17.5. The fourth-order valence-corrected chi connectivity index (χ4v) is 12.6. The first-order valence-electron chi connectivity index (χ1n) is 34.2. The number of hydrogen-bond acceptors (Lipinski definition) is 15. The molecule has 0 bridgehead atoms. The number of carbonyl (C=O) groups is 6. The molecule has 6 aromatic rings. The molecule has 0 aliphatic carbocycles. The number of ether oxygens (including phenoxy) is 7. The van der Waals surface area contributed by atoms with E-state index in [-0.39, 0.29) is 92.7 Å². The fraction of sp³-hybridized carbons (Fsp3) is 0.455. The molecule has 8 atom stereocenters. The van der Waals surface area contributed by atoms with Crippen molar-refractivity contribution in [2.24, 2.45) is 0 Å². The molecule has 4 amide bonds. The maximum absolute atomic E-state index is 14.5. The number of likely N-dealkylation sites (tertiary alicyclic amines) is 2. The van der Waals surface area contributed by atoms with E-state index in [4.69, 9.17) is 38.3 Å². The number of carboxylic acid groups (broad SMARTS) is 1. The second-order valence-electron chi connectivity index (χ2n) is 27.5. The number of amides is 4. The molecular formula is C77H89F12N4NaO16. The predicted octanol–water partition coefficient (Wildman–Crippen LogP) is 14.6. The quantitative estimate of drug-likeness (QED) is 0.0226. The molecule has 0 aromatic heterocycles. The van der Waals surface area contributed by atoms with E-state index in [9.17, 15) is 86.6 Å². The summed E-state index contributed by atoms with van der Waals surface area (Å²) in [6.45, 7) is 12.7. The molecule has 2 aliphatic heterocycles. The van der Waals surface area contributed by atoms with E-state index in [0.29, 0.717) is 46.5 Å². The first-order valence-corrected chi connectivity index (χ1v) is 34.2. The van der Waals surface area contributed by atoms with E-state index in [2.05, 4.69) is 10.6 Å². The number of rotatable bonds is 21. The number of aliphatic hydroxyl groups excluding tert-OH is 1. The molecule has 0 radical (unpaired) electrons. The van der Waals surface area contributed by atoms with E-state index in [1.165, 1.54) is 18.7 Å².